The van der Waals surface area contributed by atoms with E-state index < -0.39 is 0 Å². The Bertz CT molecular complexity index is 567. The third-order valence-corrected chi connectivity index (χ3v) is 3.83. The zero-order chi connectivity index (χ0) is 12.5. The first kappa shape index (κ1) is 11.4. The fourth-order valence-corrected chi connectivity index (χ4v) is 2.84. The van der Waals surface area contributed by atoms with Gasteiger partial charge < -0.3 is 10.6 Å². The number of carbonyl (C=O) groups excluding carboxylic acids is 1. The minimum atomic E-state index is -0.0138. The fourth-order valence-electron chi connectivity index (χ4n) is 2.27. The summed E-state index contributed by atoms with van der Waals surface area (Å²) in [6.07, 6.45) is 2.43. The summed E-state index contributed by atoms with van der Waals surface area (Å²) < 4.78 is 0. The second-order valence-electron chi connectivity index (χ2n) is 4.37. The molecule has 1 aliphatic rings. The molecule has 0 saturated heterocycles. The second kappa shape index (κ2) is 4.51. The highest BCUT2D eigenvalue weighted by Gasteiger charge is 2.27. The van der Waals surface area contributed by atoms with Crippen LogP contribution in [0.2, 0.25) is 0 Å². The Balaban J connectivity index is 2.00. The Labute approximate surface area is 109 Å². The van der Waals surface area contributed by atoms with Crippen molar-refractivity contribution in [3.63, 3.8) is 0 Å². The Hall–Kier alpha value is -1.72. The summed E-state index contributed by atoms with van der Waals surface area (Å²) in [6, 6.07) is 7.92. The molecule has 1 atom stereocenters. The first-order valence-corrected chi connectivity index (χ1v) is 6.67. The molecule has 0 spiro atoms. The van der Waals surface area contributed by atoms with Crippen LogP contribution in [0, 0.1) is 0 Å². The van der Waals surface area contributed by atoms with Gasteiger partial charge in [-0.15, -0.1) is 11.3 Å². The van der Waals surface area contributed by atoms with Crippen molar-refractivity contribution in [3.05, 3.63) is 46.4 Å². The van der Waals surface area contributed by atoms with E-state index in [1.54, 1.807) is 16.6 Å². The van der Waals surface area contributed by atoms with Crippen LogP contribution in [0.15, 0.2) is 36.0 Å². The van der Waals surface area contributed by atoms with Crippen LogP contribution in [0.3, 0.4) is 0 Å². The van der Waals surface area contributed by atoms with Crippen LogP contribution < -0.4 is 10.6 Å². The molecule has 2 aromatic rings. The number of fused-ring (bicyclic) bond motifs is 1. The van der Waals surface area contributed by atoms with Crippen LogP contribution in [-0.4, -0.2) is 23.5 Å². The number of carbonyl (C=O) groups is 1. The average molecular weight is 259 g/mol. The van der Waals surface area contributed by atoms with Crippen LogP contribution in [-0.2, 0) is 6.42 Å². The molecule has 1 aromatic carbocycles. The molecule has 18 heavy (non-hydrogen) atoms. The van der Waals surface area contributed by atoms with E-state index in [9.17, 15) is 4.79 Å². The number of thiazole rings is 1. The first-order valence-electron chi connectivity index (χ1n) is 5.79. The molecule has 2 N–H and O–H groups in total. The Morgan fingerprint density at radius 1 is 1.44 bits per heavy atom. The van der Waals surface area contributed by atoms with E-state index in [2.05, 4.69) is 4.98 Å². The number of hydrogen-bond acceptors (Lipinski definition) is 4. The highest BCUT2D eigenvalue weighted by Crippen LogP contribution is 2.28. The number of anilines is 1. The molecule has 5 heteroatoms. The summed E-state index contributed by atoms with van der Waals surface area (Å²) in [6.45, 7) is 0.563. The lowest BCUT2D eigenvalue weighted by molar-refractivity contribution is 0.0987. The highest BCUT2D eigenvalue weighted by molar-refractivity contribution is 7.11. The molecule has 0 aliphatic carbocycles. The minimum Gasteiger partial charge on any atom is -0.326 e. The van der Waals surface area contributed by atoms with Gasteiger partial charge in [0.1, 0.15) is 4.88 Å². The number of aromatic nitrogens is 1. The monoisotopic (exact) mass is 259 g/mol. The van der Waals surface area contributed by atoms with Gasteiger partial charge in [-0.1, -0.05) is 18.2 Å². The minimum absolute atomic E-state index is 0.00299. The zero-order valence-electron chi connectivity index (χ0n) is 9.74. The quantitative estimate of drug-likeness (QED) is 0.847. The topological polar surface area (TPSA) is 59.2 Å². The molecule has 92 valence electrons. The van der Waals surface area contributed by atoms with Crippen molar-refractivity contribution >= 4 is 22.9 Å². The largest absolute Gasteiger partial charge is 0.326 e. The predicted octanol–water partition coefficient (Wildman–Crippen LogP) is 1.67. The Morgan fingerprint density at radius 2 is 2.28 bits per heavy atom. The van der Waals surface area contributed by atoms with Gasteiger partial charge in [-0.2, -0.15) is 0 Å². The standard InChI is InChI=1S/C13H13N3OS/c14-10-5-9-3-1-2-4-11(9)16(7-10)13(17)12-6-15-8-18-12/h1-4,6,8,10H,5,7,14H2. The SMILES string of the molecule is NC1Cc2ccccc2N(C(=O)c2cncs2)C1. The molecule has 1 aliphatic heterocycles. The summed E-state index contributed by atoms with van der Waals surface area (Å²) in [5.74, 6) is -0.0138. The molecule has 3 rings (SSSR count). The lowest BCUT2D eigenvalue weighted by atomic mass is 9.98. The Morgan fingerprint density at radius 3 is 3.06 bits per heavy atom. The molecule has 4 nitrogen and oxygen atoms in total. The number of hydrogen-bond donors (Lipinski definition) is 1. The number of amides is 1. The van der Waals surface area contributed by atoms with Gasteiger partial charge in [0.05, 0.1) is 11.7 Å². The number of nitrogens with zero attached hydrogens (tertiary/aromatic N) is 2. The number of rotatable bonds is 1. The maximum Gasteiger partial charge on any atom is 0.270 e. The number of para-hydroxylation sites is 1. The molecule has 1 aromatic heterocycles. The van der Waals surface area contributed by atoms with Gasteiger partial charge in [0, 0.05) is 18.3 Å². The van der Waals surface area contributed by atoms with E-state index in [-0.39, 0.29) is 11.9 Å². The summed E-state index contributed by atoms with van der Waals surface area (Å²) in [4.78, 5) is 18.8. The van der Waals surface area contributed by atoms with Gasteiger partial charge >= 0.3 is 0 Å². The first-order chi connectivity index (χ1) is 8.75. The zero-order valence-corrected chi connectivity index (χ0v) is 10.6. The average Bonchev–Trinajstić information content (AvgIpc) is 2.90. The van der Waals surface area contributed by atoms with Gasteiger partial charge in [-0.3, -0.25) is 9.78 Å². The highest BCUT2D eigenvalue weighted by atomic mass is 32.1. The van der Waals surface area contributed by atoms with Gasteiger partial charge in [0.15, 0.2) is 0 Å². The summed E-state index contributed by atoms with van der Waals surface area (Å²) in [5.41, 5.74) is 9.80. The summed E-state index contributed by atoms with van der Waals surface area (Å²) in [7, 11) is 0. The van der Waals surface area contributed by atoms with Gasteiger partial charge in [-0.25, -0.2) is 0 Å². The van der Waals surface area contributed by atoms with Gasteiger partial charge in [0.2, 0.25) is 0 Å². The van der Waals surface area contributed by atoms with Crippen LogP contribution in [0.25, 0.3) is 0 Å². The summed E-state index contributed by atoms with van der Waals surface area (Å²) in [5, 5.41) is 0. The second-order valence-corrected chi connectivity index (χ2v) is 5.26. The Kier molecular flexibility index (Phi) is 2.85. The van der Waals surface area contributed by atoms with Gasteiger partial charge in [0.25, 0.3) is 5.91 Å². The molecule has 0 fully saturated rings. The van der Waals surface area contributed by atoms with Crippen molar-refractivity contribution in [2.75, 3.05) is 11.4 Å². The molecular formula is C13H13N3OS. The van der Waals surface area contributed by atoms with Crippen molar-refractivity contribution in [3.8, 4) is 0 Å². The van der Waals surface area contributed by atoms with Crippen molar-refractivity contribution in [2.24, 2.45) is 5.73 Å². The van der Waals surface area contributed by atoms with E-state index in [0.29, 0.717) is 11.4 Å². The van der Waals surface area contributed by atoms with Crippen LogP contribution in [0.5, 0.6) is 0 Å². The van der Waals surface area contributed by atoms with Crippen molar-refractivity contribution in [1.29, 1.82) is 0 Å². The van der Waals surface area contributed by atoms with E-state index in [4.69, 9.17) is 5.73 Å². The fraction of sp³-hybridized carbons (Fsp3) is 0.231. The molecule has 1 unspecified atom stereocenters. The van der Waals surface area contributed by atoms with Crippen LogP contribution >= 0.6 is 11.3 Å². The van der Waals surface area contributed by atoms with Crippen molar-refractivity contribution < 1.29 is 4.79 Å². The molecular weight excluding hydrogens is 246 g/mol. The third kappa shape index (κ3) is 1.91. The smallest absolute Gasteiger partial charge is 0.270 e. The van der Waals surface area contributed by atoms with Crippen molar-refractivity contribution in [2.45, 2.75) is 12.5 Å². The predicted molar refractivity (Wildman–Crippen MR) is 71.9 cm³/mol. The van der Waals surface area contributed by atoms with Crippen LogP contribution in [0.4, 0.5) is 5.69 Å². The van der Waals surface area contributed by atoms with E-state index in [1.165, 1.54) is 11.3 Å². The molecule has 2 heterocycles. The normalized spacial score (nSPS) is 18.5. The molecule has 1 amide bonds. The van der Waals surface area contributed by atoms with Crippen molar-refractivity contribution in [1.82, 2.24) is 4.98 Å². The molecule has 0 saturated carbocycles. The van der Waals surface area contributed by atoms with Crippen LogP contribution in [0.1, 0.15) is 15.2 Å². The lowest BCUT2D eigenvalue weighted by Crippen LogP contribution is -2.46. The molecule has 0 radical (unpaired) electrons. The molecule has 0 bridgehead atoms. The van der Waals surface area contributed by atoms with E-state index >= 15 is 0 Å². The maximum absolute atomic E-state index is 12.4. The lowest BCUT2D eigenvalue weighted by Gasteiger charge is -2.32. The van der Waals surface area contributed by atoms with E-state index in [1.807, 2.05) is 24.3 Å². The number of nitrogens with two attached hydrogens (primary N) is 1. The van der Waals surface area contributed by atoms with Gasteiger partial charge in [-0.05, 0) is 18.1 Å². The van der Waals surface area contributed by atoms with E-state index in [0.717, 1.165) is 17.7 Å². The third-order valence-electron chi connectivity index (χ3n) is 3.07. The number of benzene rings is 1. The summed E-state index contributed by atoms with van der Waals surface area (Å²) >= 11 is 1.36. The maximum atomic E-state index is 12.4.